The first-order valence-corrected chi connectivity index (χ1v) is 7.12. The van der Waals surface area contributed by atoms with Crippen molar-refractivity contribution in [2.24, 2.45) is 0 Å². The maximum Gasteiger partial charge on any atom is 0.187 e. The van der Waals surface area contributed by atoms with Crippen molar-refractivity contribution in [3.05, 3.63) is 0 Å². The van der Waals surface area contributed by atoms with Crippen molar-refractivity contribution in [1.82, 2.24) is 0 Å². The SMILES string of the molecule is CO[C@@H]1[C@@H]2OC[C@@H](O2)[C@H]1OC.OC[C@@H](O)[C@H]1OC[C@H](O)[C@H]1O. The quantitative estimate of drug-likeness (QED) is 0.434. The molecule has 2 bridgehead atoms. The van der Waals surface area contributed by atoms with E-state index in [1.54, 1.807) is 14.2 Å². The van der Waals surface area contributed by atoms with Crippen LogP contribution < -0.4 is 0 Å². The van der Waals surface area contributed by atoms with Gasteiger partial charge >= 0.3 is 0 Å². The lowest BCUT2D eigenvalue weighted by Gasteiger charge is -2.24. The van der Waals surface area contributed by atoms with Gasteiger partial charge in [-0.25, -0.2) is 0 Å². The second-order valence-electron chi connectivity index (χ2n) is 5.38. The van der Waals surface area contributed by atoms with Gasteiger partial charge in [-0.1, -0.05) is 0 Å². The third-order valence-electron chi connectivity index (χ3n) is 3.99. The van der Waals surface area contributed by atoms with E-state index < -0.39 is 31.0 Å². The van der Waals surface area contributed by atoms with E-state index in [2.05, 4.69) is 0 Å². The van der Waals surface area contributed by atoms with Gasteiger partial charge in [-0.05, 0) is 0 Å². The minimum absolute atomic E-state index is 0.00287. The molecule has 0 saturated carbocycles. The van der Waals surface area contributed by atoms with Gasteiger partial charge in [0.05, 0.1) is 19.8 Å². The number of methoxy groups -OCH3 is 2. The van der Waals surface area contributed by atoms with Crippen molar-refractivity contribution in [1.29, 1.82) is 0 Å². The average Bonchev–Trinajstić information content (AvgIpc) is 3.22. The number of ether oxygens (including phenoxy) is 5. The van der Waals surface area contributed by atoms with Crippen molar-refractivity contribution >= 4 is 0 Å². The fourth-order valence-corrected chi connectivity index (χ4v) is 2.75. The smallest absolute Gasteiger partial charge is 0.187 e. The molecule has 8 atom stereocenters. The molecule has 3 aliphatic heterocycles. The van der Waals surface area contributed by atoms with E-state index in [1.165, 1.54) is 0 Å². The Hall–Kier alpha value is -0.360. The lowest BCUT2D eigenvalue weighted by molar-refractivity contribution is -0.132. The predicted octanol–water partition coefficient (Wildman–Crippen LogP) is -2.77. The topological polar surface area (TPSA) is 127 Å². The van der Waals surface area contributed by atoms with E-state index in [1.807, 2.05) is 0 Å². The van der Waals surface area contributed by atoms with Gasteiger partial charge in [0.1, 0.15) is 42.7 Å². The Morgan fingerprint density at radius 3 is 2.23 bits per heavy atom. The van der Waals surface area contributed by atoms with E-state index >= 15 is 0 Å². The van der Waals surface area contributed by atoms with E-state index in [0.717, 1.165) is 0 Å². The van der Waals surface area contributed by atoms with Crippen LogP contribution in [0.5, 0.6) is 0 Å². The molecule has 0 radical (unpaired) electrons. The zero-order chi connectivity index (χ0) is 16.3. The largest absolute Gasteiger partial charge is 0.394 e. The van der Waals surface area contributed by atoms with Crippen LogP contribution in [-0.4, -0.2) is 103 Å². The van der Waals surface area contributed by atoms with E-state index in [9.17, 15) is 0 Å². The first kappa shape index (κ1) is 18.0. The Morgan fingerprint density at radius 1 is 1.09 bits per heavy atom. The van der Waals surface area contributed by atoms with Crippen LogP contribution in [0.2, 0.25) is 0 Å². The van der Waals surface area contributed by atoms with Gasteiger partial charge in [-0.15, -0.1) is 0 Å². The third kappa shape index (κ3) is 3.58. The van der Waals surface area contributed by atoms with Gasteiger partial charge in [0, 0.05) is 14.2 Å². The summed E-state index contributed by atoms with van der Waals surface area (Å²) in [7, 11) is 3.31. The van der Waals surface area contributed by atoms with Crippen LogP contribution in [0.3, 0.4) is 0 Å². The van der Waals surface area contributed by atoms with Crippen molar-refractivity contribution in [2.45, 2.75) is 49.0 Å². The van der Waals surface area contributed by atoms with Crippen LogP contribution in [0.4, 0.5) is 0 Å². The van der Waals surface area contributed by atoms with Crippen LogP contribution >= 0.6 is 0 Å². The second-order valence-corrected chi connectivity index (χ2v) is 5.38. The Kier molecular flexibility index (Phi) is 6.50. The molecule has 0 aromatic rings. The molecule has 3 heterocycles. The summed E-state index contributed by atoms with van der Waals surface area (Å²) in [5, 5.41) is 35.5. The standard InChI is InChI=1S/C7H12O4.C6H12O5/c1-8-5-4-3-10-7(11-4)6(5)9-2;7-1-3(8)6-5(10)4(9)2-11-6/h4-7H,3H2,1-2H3;3-10H,1-2H2/t4-,5-,6+,7-;3-,4+,5-,6-/m11/s1. The molecule has 9 nitrogen and oxygen atoms in total. The molecule has 0 unspecified atom stereocenters. The number of aliphatic hydroxyl groups is 4. The van der Waals surface area contributed by atoms with Crippen molar-refractivity contribution < 1.29 is 44.1 Å². The van der Waals surface area contributed by atoms with Crippen LogP contribution in [-0.2, 0) is 23.7 Å². The summed E-state index contributed by atoms with van der Waals surface area (Å²) in [5.74, 6) is 0. The van der Waals surface area contributed by atoms with Crippen LogP contribution in [0.15, 0.2) is 0 Å². The van der Waals surface area contributed by atoms with Gasteiger partial charge in [-0.2, -0.15) is 0 Å². The monoisotopic (exact) mass is 324 g/mol. The third-order valence-corrected chi connectivity index (χ3v) is 3.99. The fourth-order valence-electron chi connectivity index (χ4n) is 2.75. The zero-order valence-electron chi connectivity index (χ0n) is 12.6. The van der Waals surface area contributed by atoms with Gasteiger partial charge in [0.2, 0.25) is 0 Å². The fraction of sp³-hybridized carbons (Fsp3) is 1.00. The van der Waals surface area contributed by atoms with Crippen molar-refractivity contribution in [3.63, 3.8) is 0 Å². The summed E-state index contributed by atoms with van der Waals surface area (Å²) in [6.45, 7) is 0.153. The number of rotatable bonds is 4. The van der Waals surface area contributed by atoms with Gasteiger partial charge in [-0.3, -0.25) is 0 Å². The maximum atomic E-state index is 9.11. The number of aliphatic hydroxyl groups excluding tert-OH is 4. The van der Waals surface area contributed by atoms with E-state index in [0.29, 0.717) is 6.61 Å². The number of hydrogen-bond acceptors (Lipinski definition) is 9. The summed E-state index contributed by atoms with van der Waals surface area (Å²) < 4.78 is 25.9. The minimum Gasteiger partial charge on any atom is -0.394 e. The van der Waals surface area contributed by atoms with Gasteiger partial charge in [0.25, 0.3) is 0 Å². The summed E-state index contributed by atoms with van der Waals surface area (Å²) in [6, 6.07) is 0. The summed E-state index contributed by atoms with van der Waals surface area (Å²) in [5.41, 5.74) is 0. The molecule has 4 N–H and O–H groups in total. The zero-order valence-corrected chi connectivity index (χ0v) is 12.6. The minimum atomic E-state index is -1.12. The van der Waals surface area contributed by atoms with Crippen molar-refractivity contribution in [2.75, 3.05) is 34.0 Å². The summed E-state index contributed by atoms with van der Waals surface area (Å²) in [6.07, 6.45) is -4.21. The number of fused-ring (bicyclic) bond motifs is 2. The molecule has 22 heavy (non-hydrogen) atoms. The van der Waals surface area contributed by atoms with Crippen LogP contribution in [0.25, 0.3) is 0 Å². The second kappa shape index (κ2) is 7.95. The molecular formula is C13H24O9. The Balaban J connectivity index is 0.000000160. The Labute approximate surface area is 128 Å². The molecule has 0 aromatic heterocycles. The molecule has 0 spiro atoms. The molecular weight excluding hydrogens is 300 g/mol. The lowest BCUT2D eigenvalue weighted by Crippen LogP contribution is -2.42. The van der Waals surface area contributed by atoms with Crippen molar-refractivity contribution in [3.8, 4) is 0 Å². The normalized spacial score (nSPS) is 44.7. The molecule has 9 heteroatoms. The average molecular weight is 324 g/mol. The highest BCUT2D eigenvalue weighted by atomic mass is 16.8. The molecule has 3 rings (SSSR count). The molecule has 0 aromatic carbocycles. The van der Waals surface area contributed by atoms with Crippen LogP contribution in [0, 0.1) is 0 Å². The van der Waals surface area contributed by atoms with Crippen LogP contribution in [0.1, 0.15) is 0 Å². The molecule has 0 amide bonds. The summed E-state index contributed by atoms with van der Waals surface area (Å²) in [4.78, 5) is 0. The number of hydrogen-bond donors (Lipinski definition) is 4. The predicted molar refractivity (Wildman–Crippen MR) is 71.1 cm³/mol. The lowest BCUT2D eigenvalue weighted by atomic mass is 10.1. The molecule has 130 valence electrons. The Morgan fingerprint density at radius 2 is 1.77 bits per heavy atom. The van der Waals surface area contributed by atoms with E-state index in [-0.39, 0.29) is 31.2 Å². The molecule has 3 aliphatic rings. The first-order chi connectivity index (χ1) is 10.5. The Bertz CT molecular complexity index is 325. The highest BCUT2D eigenvalue weighted by Gasteiger charge is 2.51. The highest BCUT2D eigenvalue weighted by Crippen LogP contribution is 2.32. The maximum absolute atomic E-state index is 9.11. The summed E-state index contributed by atoms with van der Waals surface area (Å²) >= 11 is 0. The molecule has 3 saturated heterocycles. The molecule has 0 aliphatic carbocycles. The van der Waals surface area contributed by atoms with Gasteiger partial charge < -0.3 is 44.1 Å². The molecule has 3 fully saturated rings. The van der Waals surface area contributed by atoms with Gasteiger partial charge in [0.15, 0.2) is 6.29 Å². The van der Waals surface area contributed by atoms with E-state index in [4.69, 9.17) is 44.1 Å². The first-order valence-electron chi connectivity index (χ1n) is 7.12. The highest BCUT2D eigenvalue weighted by molar-refractivity contribution is 4.93.